The summed E-state index contributed by atoms with van der Waals surface area (Å²) in [6.45, 7) is 6.94. The molecule has 10 heteroatoms. The lowest BCUT2D eigenvalue weighted by Gasteiger charge is -2.45. The first kappa shape index (κ1) is 26.1. The van der Waals surface area contributed by atoms with Crippen LogP contribution < -0.4 is 24.8 Å². The molecule has 4 aromatic rings. The summed E-state index contributed by atoms with van der Waals surface area (Å²) in [6, 6.07) is 17.3. The minimum Gasteiger partial charge on any atom is -0.489 e. The van der Waals surface area contributed by atoms with Crippen LogP contribution in [0.4, 0.5) is 23.0 Å². The number of benzene rings is 2. The molecule has 5 heterocycles. The highest BCUT2D eigenvalue weighted by molar-refractivity contribution is 6.47. The lowest BCUT2D eigenvalue weighted by Crippen LogP contribution is -2.57. The average Bonchev–Trinajstić information content (AvgIpc) is 3.29. The third-order valence-corrected chi connectivity index (χ3v) is 8.55. The molecule has 2 aromatic heterocycles. The van der Waals surface area contributed by atoms with Crippen molar-refractivity contribution in [3.8, 4) is 16.9 Å². The molecule has 0 bridgehead atoms. The third-order valence-electron chi connectivity index (χ3n) is 8.55. The Morgan fingerprint density at radius 2 is 1.74 bits per heavy atom. The zero-order valence-corrected chi connectivity index (χ0v) is 23.8. The van der Waals surface area contributed by atoms with E-state index in [0.29, 0.717) is 23.7 Å². The van der Waals surface area contributed by atoms with Crippen LogP contribution in [-0.2, 0) is 11.8 Å². The molecule has 2 aromatic carbocycles. The van der Waals surface area contributed by atoms with Crippen molar-refractivity contribution in [3.63, 3.8) is 0 Å². The number of anilines is 4. The molecule has 0 aliphatic carbocycles. The zero-order chi connectivity index (χ0) is 28.8. The van der Waals surface area contributed by atoms with Crippen LogP contribution in [0.2, 0.25) is 0 Å². The van der Waals surface area contributed by atoms with Gasteiger partial charge in [-0.25, -0.2) is 9.97 Å². The molecule has 1 atom stereocenters. The second-order valence-corrected chi connectivity index (χ2v) is 11.1. The Labute approximate surface area is 244 Å². The van der Waals surface area contributed by atoms with Crippen LogP contribution in [0, 0.1) is 6.92 Å². The summed E-state index contributed by atoms with van der Waals surface area (Å²) in [4.78, 5) is 42.7. The molecule has 0 radical (unpaired) electrons. The van der Waals surface area contributed by atoms with Crippen molar-refractivity contribution in [1.82, 2.24) is 14.5 Å². The van der Waals surface area contributed by atoms with Gasteiger partial charge >= 0.3 is 0 Å². The number of Topliss-reactive ketones (excluding diaryl/α,β-unsaturated/α-hetero) is 1. The Kier molecular flexibility index (Phi) is 6.53. The van der Waals surface area contributed by atoms with Gasteiger partial charge in [-0.3, -0.25) is 9.59 Å². The van der Waals surface area contributed by atoms with E-state index in [1.807, 2.05) is 67.8 Å². The first-order valence-corrected chi connectivity index (χ1v) is 14.4. The largest absolute Gasteiger partial charge is 0.489 e. The van der Waals surface area contributed by atoms with Gasteiger partial charge in [-0.05, 0) is 37.1 Å². The summed E-state index contributed by atoms with van der Waals surface area (Å²) < 4.78 is 7.93. The molecule has 1 amide bonds. The molecule has 3 aliphatic rings. The van der Waals surface area contributed by atoms with E-state index in [2.05, 4.69) is 30.0 Å². The van der Waals surface area contributed by atoms with E-state index in [9.17, 15) is 9.59 Å². The number of nitrogens with zero attached hydrogens (tertiary/aromatic N) is 6. The Bertz CT molecular complexity index is 1650. The van der Waals surface area contributed by atoms with E-state index in [1.165, 1.54) is 6.42 Å². The van der Waals surface area contributed by atoms with Gasteiger partial charge in [0.15, 0.2) is 0 Å². The van der Waals surface area contributed by atoms with E-state index in [1.54, 1.807) is 17.7 Å². The van der Waals surface area contributed by atoms with Crippen LogP contribution in [0.25, 0.3) is 11.1 Å². The number of carbonyl (C=O) groups excluding carboxylic acids is 2. The Morgan fingerprint density at radius 1 is 0.952 bits per heavy atom. The summed E-state index contributed by atoms with van der Waals surface area (Å²) >= 11 is 0. The number of nitrogens with one attached hydrogen (secondary N) is 1. The fourth-order valence-corrected chi connectivity index (χ4v) is 5.98. The molecule has 1 N–H and O–H groups in total. The predicted molar refractivity (Wildman–Crippen MR) is 163 cm³/mol. The van der Waals surface area contributed by atoms with Crippen LogP contribution >= 0.6 is 0 Å². The van der Waals surface area contributed by atoms with Gasteiger partial charge in [0.05, 0.1) is 29.8 Å². The summed E-state index contributed by atoms with van der Waals surface area (Å²) in [5.74, 6) is 0.172. The van der Waals surface area contributed by atoms with E-state index >= 15 is 0 Å². The van der Waals surface area contributed by atoms with Gasteiger partial charge in [-0.2, -0.15) is 0 Å². The number of carbonyl (C=O) groups is 2. The minimum absolute atomic E-state index is 0.156. The van der Waals surface area contributed by atoms with E-state index in [0.717, 1.165) is 66.9 Å². The standard InChI is InChI=1S/C32H33N7O3/c1-21-15-26(22-7-4-3-5-8-22)29(36(21)2)30(40)31(41)35-23-9-10-27-28(16-23)42-20-25-19-38(13-14-39(25)27)32-33-17-24(18-34-32)37-11-6-12-37/h3-5,7-10,15-18,25H,6,11-14,19-20H2,1-2H3,(H,35,41)/t25-/m0/s1. The van der Waals surface area contributed by atoms with Crippen molar-refractivity contribution < 1.29 is 14.3 Å². The van der Waals surface area contributed by atoms with Gasteiger partial charge in [-0.1, -0.05) is 30.3 Å². The van der Waals surface area contributed by atoms with Crippen LogP contribution in [0.3, 0.4) is 0 Å². The summed E-state index contributed by atoms with van der Waals surface area (Å²) in [6.07, 6.45) is 5.06. The molecule has 2 saturated heterocycles. The second-order valence-electron chi connectivity index (χ2n) is 11.1. The number of piperazine rings is 1. The van der Waals surface area contributed by atoms with Gasteiger partial charge in [0.2, 0.25) is 5.95 Å². The number of hydrogen-bond donors (Lipinski definition) is 1. The second kappa shape index (κ2) is 10.5. The topological polar surface area (TPSA) is 95.8 Å². The number of aromatic nitrogens is 3. The summed E-state index contributed by atoms with van der Waals surface area (Å²) in [5.41, 5.74) is 5.48. The highest BCUT2D eigenvalue weighted by Crippen LogP contribution is 2.38. The lowest BCUT2D eigenvalue weighted by atomic mass is 10.0. The molecule has 3 aliphatic heterocycles. The van der Waals surface area contributed by atoms with Crippen molar-refractivity contribution in [2.24, 2.45) is 7.05 Å². The number of hydrogen-bond acceptors (Lipinski definition) is 8. The molecule has 0 saturated carbocycles. The van der Waals surface area contributed by atoms with Crippen molar-refractivity contribution in [3.05, 3.63) is 78.4 Å². The maximum absolute atomic E-state index is 13.4. The van der Waals surface area contributed by atoms with Crippen molar-refractivity contribution in [2.75, 3.05) is 59.3 Å². The van der Waals surface area contributed by atoms with Crippen molar-refractivity contribution >= 4 is 34.7 Å². The van der Waals surface area contributed by atoms with E-state index in [-0.39, 0.29) is 6.04 Å². The molecule has 2 fully saturated rings. The molecule has 7 rings (SSSR count). The first-order valence-electron chi connectivity index (χ1n) is 14.4. The van der Waals surface area contributed by atoms with Crippen molar-refractivity contribution in [2.45, 2.75) is 19.4 Å². The number of amides is 1. The van der Waals surface area contributed by atoms with Crippen LogP contribution in [0.15, 0.2) is 67.0 Å². The lowest BCUT2D eigenvalue weighted by molar-refractivity contribution is -0.112. The van der Waals surface area contributed by atoms with Gasteiger partial charge in [0, 0.05) is 62.8 Å². The molecule has 0 spiro atoms. The smallest absolute Gasteiger partial charge is 0.298 e. The molecular weight excluding hydrogens is 530 g/mol. The van der Waals surface area contributed by atoms with Gasteiger partial charge in [-0.15, -0.1) is 0 Å². The molecule has 214 valence electrons. The number of aryl methyl sites for hydroxylation is 1. The molecule has 42 heavy (non-hydrogen) atoms. The minimum atomic E-state index is -0.684. The van der Waals surface area contributed by atoms with Crippen LogP contribution in [0.1, 0.15) is 22.6 Å². The quantitative estimate of drug-likeness (QED) is 0.279. The number of rotatable bonds is 6. The fourth-order valence-electron chi connectivity index (χ4n) is 5.98. The predicted octanol–water partition coefficient (Wildman–Crippen LogP) is 3.91. The third kappa shape index (κ3) is 4.62. The van der Waals surface area contributed by atoms with E-state index < -0.39 is 11.7 Å². The Balaban J connectivity index is 1.04. The molecular formula is C32H33N7O3. The van der Waals surface area contributed by atoms with Gasteiger partial charge < -0.3 is 29.3 Å². The maximum Gasteiger partial charge on any atom is 0.298 e. The summed E-state index contributed by atoms with van der Waals surface area (Å²) in [7, 11) is 1.81. The van der Waals surface area contributed by atoms with Gasteiger partial charge in [0.25, 0.3) is 11.7 Å². The highest BCUT2D eigenvalue weighted by atomic mass is 16.5. The maximum atomic E-state index is 13.4. The van der Waals surface area contributed by atoms with Crippen LogP contribution in [-0.4, -0.2) is 71.6 Å². The monoisotopic (exact) mass is 563 g/mol. The Morgan fingerprint density at radius 3 is 2.48 bits per heavy atom. The number of ether oxygens (including phenoxy) is 1. The van der Waals surface area contributed by atoms with E-state index in [4.69, 9.17) is 4.74 Å². The fraction of sp³-hybridized carbons (Fsp3) is 0.312. The van der Waals surface area contributed by atoms with Gasteiger partial charge in [0.1, 0.15) is 18.1 Å². The Hall–Kier alpha value is -4.86. The summed E-state index contributed by atoms with van der Waals surface area (Å²) in [5, 5.41) is 2.80. The first-order chi connectivity index (χ1) is 20.5. The zero-order valence-electron chi connectivity index (χ0n) is 23.8. The SMILES string of the molecule is Cc1cc(-c2ccccc2)c(C(=O)C(=O)Nc2ccc3c(c2)OC[C@@H]2CN(c4ncc(N5CCC5)cn4)CCN32)n1C. The van der Waals surface area contributed by atoms with Crippen molar-refractivity contribution in [1.29, 1.82) is 0 Å². The number of ketones is 1. The average molecular weight is 564 g/mol. The molecule has 0 unspecified atom stereocenters. The number of fused-ring (bicyclic) bond motifs is 3. The molecule has 10 nitrogen and oxygen atoms in total. The van der Waals surface area contributed by atoms with Crippen LogP contribution in [0.5, 0.6) is 5.75 Å². The highest BCUT2D eigenvalue weighted by Gasteiger charge is 2.34. The normalized spacial score (nSPS) is 17.6.